The van der Waals surface area contributed by atoms with Gasteiger partial charge < -0.3 is 9.47 Å². The van der Waals surface area contributed by atoms with E-state index in [1.165, 1.54) is 20.3 Å². The van der Waals surface area contributed by atoms with Crippen molar-refractivity contribution in [2.75, 3.05) is 20.1 Å². The first-order valence-corrected chi connectivity index (χ1v) is 5.29. The van der Waals surface area contributed by atoms with Crippen molar-refractivity contribution in [1.29, 1.82) is 0 Å². The molecule has 4 nitrogen and oxygen atoms in total. The van der Waals surface area contributed by atoms with E-state index in [4.69, 9.17) is 11.6 Å². The molecule has 0 aliphatic rings. The van der Waals surface area contributed by atoms with E-state index in [0.29, 0.717) is 5.88 Å². The van der Waals surface area contributed by atoms with Crippen LogP contribution in [-0.2, 0) is 19.1 Å². The summed E-state index contributed by atoms with van der Waals surface area (Å²) in [6.45, 7) is 0. The van der Waals surface area contributed by atoms with Gasteiger partial charge in [-0.25, -0.2) is 9.59 Å². The Bertz CT molecular complexity index is 294. The average Bonchev–Trinajstić information content (AvgIpc) is 2.31. The van der Waals surface area contributed by atoms with Crippen molar-refractivity contribution in [3.63, 3.8) is 0 Å². The van der Waals surface area contributed by atoms with Gasteiger partial charge in [-0.05, 0) is 12.8 Å². The largest absolute Gasteiger partial charge is 0.466 e. The zero-order valence-corrected chi connectivity index (χ0v) is 10.1. The molecule has 0 amide bonds. The predicted octanol–water partition coefficient (Wildman–Crippen LogP) is 1.83. The Morgan fingerprint density at radius 1 is 1.25 bits per heavy atom. The van der Waals surface area contributed by atoms with Gasteiger partial charge in [0.15, 0.2) is 0 Å². The molecule has 0 saturated carbocycles. The summed E-state index contributed by atoms with van der Waals surface area (Å²) < 4.78 is 8.95. The number of hydrogen-bond donors (Lipinski definition) is 0. The maximum absolute atomic E-state index is 11.3. The average molecular weight is 247 g/mol. The molecule has 0 atom stereocenters. The van der Waals surface area contributed by atoms with E-state index in [2.05, 4.69) is 9.47 Å². The fourth-order valence-electron chi connectivity index (χ4n) is 0.884. The Morgan fingerprint density at radius 3 is 2.44 bits per heavy atom. The van der Waals surface area contributed by atoms with Gasteiger partial charge in [-0.2, -0.15) is 0 Å². The number of allylic oxidation sites excluding steroid dienone is 1. The highest BCUT2D eigenvalue weighted by atomic mass is 35.5. The summed E-state index contributed by atoms with van der Waals surface area (Å²) in [5, 5.41) is 0. The molecule has 0 aromatic heterocycles. The van der Waals surface area contributed by atoms with Gasteiger partial charge in [-0.15, -0.1) is 11.6 Å². The number of ether oxygens (including phenoxy) is 2. The molecule has 0 bridgehead atoms. The Labute approximate surface area is 99.9 Å². The molecule has 0 aromatic carbocycles. The van der Waals surface area contributed by atoms with Crippen LogP contribution in [0.15, 0.2) is 23.8 Å². The summed E-state index contributed by atoms with van der Waals surface area (Å²) in [5.74, 6) is -0.617. The summed E-state index contributed by atoms with van der Waals surface area (Å²) in [7, 11) is 2.49. The van der Waals surface area contributed by atoms with Crippen molar-refractivity contribution in [1.82, 2.24) is 0 Å². The van der Waals surface area contributed by atoms with E-state index in [1.807, 2.05) is 0 Å². The fourth-order valence-corrected chi connectivity index (χ4v) is 1.04. The maximum Gasteiger partial charge on any atom is 0.338 e. The topological polar surface area (TPSA) is 52.6 Å². The monoisotopic (exact) mass is 246 g/mol. The molecule has 90 valence electrons. The molecule has 0 heterocycles. The van der Waals surface area contributed by atoms with Crippen LogP contribution in [0.25, 0.3) is 0 Å². The van der Waals surface area contributed by atoms with Gasteiger partial charge in [0.2, 0.25) is 0 Å². The first-order valence-electron chi connectivity index (χ1n) is 4.76. The second-order valence-corrected chi connectivity index (χ2v) is 3.23. The number of carbonyl (C=O) groups excluding carboxylic acids is 2. The van der Waals surface area contributed by atoms with E-state index in [-0.39, 0.29) is 5.57 Å². The number of esters is 2. The van der Waals surface area contributed by atoms with Crippen LogP contribution in [0.3, 0.4) is 0 Å². The highest BCUT2D eigenvalue weighted by Gasteiger charge is 2.08. The number of rotatable bonds is 6. The lowest BCUT2D eigenvalue weighted by molar-refractivity contribution is -0.138. The smallest absolute Gasteiger partial charge is 0.338 e. The van der Waals surface area contributed by atoms with Crippen LogP contribution in [0.5, 0.6) is 0 Å². The highest BCUT2D eigenvalue weighted by molar-refractivity contribution is 6.17. The van der Waals surface area contributed by atoms with Crippen LogP contribution in [-0.4, -0.2) is 32.0 Å². The molecule has 0 radical (unpaired) electrons. The second-order valence-electron chi connectivity index (χ2n) is 2.85. The number of unbranched alkanes of at least 4 members (excludes halogenated alkanes) is 1. The van der Waals surface area contributed by atoms with Gasteiger partial charge in [0.05, 0.1) is 19.8 Å². The molecular weight excluding hydrogens is 232 g/mol. The van der Waals surface area contributed by atoms with Gasteiger partial charge >= 0.3 is 11.9 Å². The third-order valence-corrected chi connectivity index (χ3v) is 1.96. The summed E-state index contributed by atoms with van der Waals surface area (Å²) in [6.07, 6.45) is 5.91. The van der Waals surface area contributed by atoms with Crippen LogP contribution >= 0.6 is 11.6 Å². The van der Waals surface area contributed by atoms with Gasteiger partial charge in [0, 0.05) is 12.0 Å². The third-order valence-electron chi connectivity index (χ3n) is 1.70. The van der Waals surface area contributed by atoms with Crippen LogP contribution in [0.1, 0.15) is 12.8 Å². The van der Waals surface area contributed by atoms with Gasteiger partial charge in [-0.3, -0.25) is 0 Å². The number of carbonyl (C=O) groups is 2. The molecule has 0 aromatic rings. The van der Waals surface area contributed by atoms with Crippen LogP contribution in [0, 0.1) is 0 Å². The number of methoxy groups -OCH3 is 2. The molecular formula is C11H15ClO4. The lowest BCUT2D eigenvalue weighted by Gasteiger charge is -1.99. The SMILES string of the molecule is COC(=O)/C=C(/C=C\CCCCl)C(=O)OC. The molecule has 5 heteroatoms. The second kappa shape index (κ2) is 8.97. The van der Waals surface area contributed by atoms with Crippen LogP contribution in [0.2, 0.25) is 0 Å². The normalized spacial score (nSPS) is 11.6. The quantitative estimate of drug-likeness (QED) is 0.236. The Hall–Kier alpha value is -1.29. The molecule has 0 aliphatic carbocycles. The third kappa shape index (κ3) is 6.24. The Balaban J connectivity index is 4.56. The van der Waals surface area contributed by atoms with Gasteiger partial charge in [0.1, 0.15) is 0 Å². The first-order chi connectivity index (χ1) is 7.65. The predicted molar refractivity (Wildman–Crippen MR) is 61.2 cm³/mol. The zero-order chi connectivity index (χ0) is 12.4. The zero-order valence-electron chi connectivity index (χ0n) is 9.36. The minimum Gasteiger partial charge on any atom is -0.466 e. The molecule has 0 aliphatic heterocycles. The van der Waals surface area contributed by atoms with Crippen LogP contribution in [0.4, 0.5) is 0 Å². The van der Waals surface area contributed by atoms with Crippen LogP contribution < -0.4 is 0 Å². The molecule has 0 unspecified atom stereocenters. The molecule has 16 heavy (non-hydrogen) atoms. The molecule has 0 spiro atoms. The highest BCUT2D eigenvalue weighted by Crippen LogP contribution is 2.03. The van der Waals surface area contributed by atoms with Gasteiger partial charge in [-0.1, -0.05) is 12.2 Å². The van der Waals surface area contributed by atoms with Crippen molar-refractivity contribution in [3.8, 4) is 0 Å². The minimum absolute atomic E-state index is 0.156. The van der Waals surface area contributed by atoms with Crippen molar-refractivity contribution >= 4 is 23.5 Å². The molecule has 0 saturated heterocycles. The number of hydrogen-bond acceptors (Lipinski definition) is 4. The number of halogens is 1. The van der Waals surface area contributed by atoms with E-state index in [9.17, 15) is 9.59 Å². The van der Waals surface area contributed by atoms with Crippen molar-refractivity contribution in [2.45, 2.75) is 12.8 Å². The molecule has 0 N–H and O–H groups in total. The van der Waals surface area contributed by atoms with Crippen molar-refractivity contribution in [2.24, 2.45) is 0 Å². The first kappa shape index (κ1) is 14.7. The lowest BCUT2D eigenvalue weighted by atomic mass is 10.2. The van der Waals surface area contributed by atoms with E-state index in [0.717, 1.165) is 18.9 Å². The van der Waals surface area contributed by atoms with Gasteiger partial charge in [0.25, 0.3) is 0 Å². The maximum atomic E-state index is 11.3. The van der Waals surface area contributed by atoms with Crippen molar-refractivity contribution < 1.29 is 19.1 Å². The van der Waals surface area contributed by atoms with E-state index >= 15 is 0 Å². The molecule has 0 fully saturated rings. The Morgan fingerprint density at radius 2 is 1.94 bits per heavy atom. The number of alkyl halides is 1. The van der Waals surface area contributed by atoms with Crippen molar-refractivity contribution in [3.05, 3.63) is 23.8 Å². The molecule has 0 rings (SSSR count). The fraction of sp³-hybridized carbons (Fsp3) is 0.455. The lowest BCUT2D eigenvalue weighted by Crippen LogP contribution is -2.06. The summed E-state index contributed by atoms with van der Waals surface area (Å²) >= 11 is 5.50. The standard InChI is InChI=1S/C11H15ClO4/c1-15-10(13)8-9(11(14)16-2)6-4-3-5-7-12/h4,6,8H,3,5,7H2,1-2H3/b6-4-,9-8-. The summed E-state index contributed by atoms with van der Waals surface area (Å²) in [5.41, 5.74) is 0.156. The minimum atomic E-state index is -0.595. The summed E-state index contributed by atoms with van der Waals surface area (Å²) in [6, 6.07) is 0. The Kier molecular flexibility index (Phi) is 8.25. The van der Waals surface area contributed by atoms with E-state index < -0.39 is 11.9 Å². The summed E-state index contributed by atoms with van der Waals surface area (Å²) in [4.78, 5) is 22.2. The van der Waals surface area contributed by atoms with E-state index in [1.54, 1.807) is 6.08 Å².